The highest BCUT2D eigenvalue weighted by Gasteiger charge is 1.96. The molecule has 0 aliphatic rings. The molecule has 0 heterocycles. The Balaban J connectivity index is 3.45. The van der Waals surface area contributed by atoms with Crippen molar-refractivity contribution in [2.24, 2.45) is 0 Å². The molecule has 0 bridgehead atoms. The van der Waals surface area contributed by atoms with E-state index in [1.807, 2.05) is 19.9 Å². The van der Waals surface area contributed by atoms with Crippen molar-refractivity contribution in [3.05, 3.63) is 11.6 Å². The van der Waals surface area contributed by atoms with Crippen molar-refractivity contribution >= 4 is 5.78 Å². The fourth-order valence-corrected chi connectivity index (χ4v) is 0.794. The quantitative estimate of drug-likeness (QED) is 0.556. The van der Waals surface area contributed by atoms with Crippen molar-refractivity contribution in [1.82, 2.24) is 0 Å². The van der Waals surface area contributed by atoms with Crippen molar-refractivity contribution in [1.29, 1.82) is 0 Å². The lowest BCUT2D eigenvalue weighted by Crippen LogP contribution is -1.94. The second-order valence-electron chi connectivity index (χ2n) is 3.13. The molecule has 0 saturated carbocycles. The van der Waals surface area contributed by atoms with Gasteiger partial charge in [-0.15, -0.1) is 0 Å². The lowest BCUT2D eigenvalue weighted by atomic mass is 10.1. The lowest BCUT2D eigenvalue weighted by molar-refractivity contribution is -0.118. The molecule has 0 fully saturated rings. The average molecular weight is 154 g/mol. The van der Waals surface area contributed by atoms with E-state index in [0.717, 1.165) is 19.3 Å². The molecule has 0 aromatic rings. The van der Waals surface area contributed by atoms with Gasteiger partial charge in [0.2, 0.25) is 0 Å². The number of ketones is 1. The number of rotatable bonds is 5. The molecule has 1 nitrogen and oxygen atoms in total. The highest BCUT2D eigenvalue weighted by Crippen LogP contribution is 2.01. The Kier molecular flexibility index (Phi) is 5.81. The molecule has 0 unspecified atom stereocenters. The van der Waals surface area contributed by atoms with E-state index in [2.05, 4.69) is 6.92 Å². The summed E-state index contributed by atoms with van der Waals surface area (Å²) < 4.78 is 0. The Hall–Kier alpha value is -0.590. The smallest absolute Gasteiger partial charge is 0.136 e. The minimum atomic E-state index is 0.369. The number of carbonyl (C=O) groups excluding carboxylic acids is 1. The van der Waals surface area contributed by atoms with Gasteiger partial charge in [-0.2, -0.15) is 0 Å². The first kappa shape index (κ1) is 10.4. The third-order valence-corrected chi connectivity index (χ3v) is 1.55. The predicted molar refractivity (Wildman–Crippen MR) is 48.6 cm³/mol. The molecule has 0 amide bonds. The Morgan fingerprint density at radius 2 is 2.00 bits per heavy atom. The fourth-order valence-electron chi connectivity index (χ4n) is 0.794. The summed E-state index contributed by atoms with van der Waals surface area (Å²) in [5.74, 6) is 0.369. The van der Waals surface area contributed by atoms with E-state index >= 15 is 0 Å². The van der Waals surface area contributed by atoms with Crippen molar-refractivity contribution in [3.63, 3.8) is 0 Å². The molecule has 0 atom stereocenters. The normalized spacial score (nSPS) is 9.36. The van der Waals surface area contributed by atoms with Crippen molar-refractivity contribution < 1.29 is 4.79 Å². The molecule has 0 aromatic carbocycles. The topological polar surface area (TPSA) is 17.1 Å². The minimum Gasteiger partial charge on any atom is -0.299 e. The number of hydrogen-bond donors (Lipinski definition) is 0. The van der Waals surface area contributed by atoms with Crippen LogP contribution in [0, 0.1) is 0 Å². The minimum absolute atomic E-state index is 0.369. The van der Waals surface area contributed by atoms with Gasteiger partial charge >= 0.3 is 0 Å². The summed E-state index contributed by atoms with van der Waals surface area (Å²) in [6, 6.07) is 0. The van der Waals surface area contributed by atoms with Crippen LogP contribution < -0.4 is 0 Å². The fraction of sp³-hybridized carbons (Fsp3) is 0.700. The molecule has 0 N–H and O–H groups in total. The summed E-state index contributed by atoms with van der Waals surface area (Å²) in [5.41, 5.74) is 1.23. The van der Waals surface area contributed by atoms with Gasteiger partial charge in [0.15, 0.2) is 0 Å². The first-order valence-corrected chi connectivity index (χ1v) is 4.32. The molecule has 0 radical (unpaired) electrons. The van der Waals surface area contributed by atoms with Crippen molar-refractivity contribution in [2.45, 2.75) is 46.5 Å². The van der Waals surface area contributed by atoms with E-state index in [9.17, 15) is 4.79 Å². The number of allylic oxidation sites excluding steroid dienone is 2. The SMILES string of the molecule is CCCCC(=O)CC=C(C)C. The Labute approximate surface area is 69.5 Å². The molecule has 11 heavy (non-hydrogen) atoms. The molecule has 0 rings (SSSR count). The molecule has 0 saturated heterocycles. The monoisotopic (exact) mass is 154 g/mol. The Morgan fingerprint density at radius 1 is 1.36 bits per heavy atom. The van der Waals surface area contributed by atoms with E-state index in [4.69, 9.17) is 0 Å². The molecule has 0 spiro atoms. The Bertz CT molecular complexity index is 141. The number of hydrogen-bond acceptors (Lipinski definition) is 1. The van der Waals surface area contributed by atoms with Crippen LogP contribution in [-0.2, 0) is 4.79 Å². The highest BCUT2D eigenvalue weighted by molar-refractivity contribution is 5.79. The lowest BCUT2D eigenvalue weighted by Gasteiger charge is -1.94. The van der Waals surface area contributed by atoms with Crippen molar-refractivity contribution in [3.8, 4) is 0 Å². The number of carbonyl (C=O) groups is 1. The summed E-state index contributed by atoms with van der Waals surface area (Å²) in [5, 5.41) is 0. The molecule has 0 aliphatic carbocycles. The second kappa shape index (κ2) is 6.14. The number of unbranched alkanes of at least 4 members (excludes halogenated alkanes) is 1. The maximum Gasteiger partial charge on any atom is 0.136 e. The summed E-state index contributed by atoms with van der Waals surface area (Å²) in [6.07, 6.45) is 5.52. The van der Waals surface area contributed by atoms with Crippen molar-refractivity contribution in [2.75, 3.05) is 0 Å². The van der Waals surface area contributed by atoms with Gasteiger partial charge in [-0.25, -0.2) is 0 Å². The largest absolute Gasteiger partial charge is 0.299 e. The first-order valence-electron chi connectivity index (χ1n) is 4.32. The van der Waals surface area contributed by atoms with Crippen LogP contribution in [0.4, 0.5) is 0 Å². The van der Waals surface area contributed by atoms with Crippen LogP contribution in [0.3, 0.4) is 0 Å². The average Bonchev–Trinajstić information content (AvgIpc) is 1.97. The van der Waals surface area contributed by atoms with E-state index in [1.54, 1.807) is 0 Å². The van der Waals surface area contributed by atoms with Crippen LogP contribution in [0.25, 0.3) is 0 Å². The summed E-state index contributed by atoms with van der Waals surface area (Å²) >= 11 is 0. The maximum atomic E-state index is 11.1. The van der Waals surface area contributed by atoms with Gasteiger partial charge in [-0.05, 0) is 20.3 Å². The molecular formula is C10H18O. The summed E-state index contributed by atoms with van der Waals surface area (Å²) in [4.78, 5) is 11.1. The van der Waals surface area contributed by atoms with E-state index in [1.165, 1.54) is 5.57 Å². The van der Waals surface area contributed by atoms with Gasteiger partial charge in [-0.1, -0.05) is 25.0 Å². The zero-order chi connectivity index (χ0) is 8.69. The first-order chi connectivity index (χ1) is 5.16. The molecular weight excluding hydrogens is 136 g/mol. The zero-order valence-corrected chi connectivity index (χ0v) is 7.81. The van der Waals surface area contributed by atoms with Gasteiger partial charge in [0.05, 0.1) is 0 Å². The van der Waals surface area contributed by atoms with Crippen LogP contribution in [0.15, 0.2) is 11.6 Å². The van der Waals surface area contributed by atoms with Gasteiger partial charge in [-0.3, -0.25) is 4.79 Å². The summed E-state index contributed by atoms with van der Waals surface area (Å²) in [6.45, 7) is 6.15. The zero-order valence-electron chi connectivity index (χ0n) is 7.81. The van der Waals surface area contributed by atoms with Gasteiger partial charge in [0, 0.05) is 12.8 Å². The van der Waals surface area contributed by atoms with E-state index in [-0.39, 0.29) is 0 Å². The van der Waals surface area contributed by atoms with E-state index < -0.39 is 0 Å². The second-order valence-corrected chi connectivity index (χ2v) is 3.13. The van der Waals surface area contributed by atoms with Crippen LogP contribution in [-0.4, -0.2) is 5.78 Å². The maximum absolute atomic E-state index is 11.1. The van der Waals surface area contributed by atoms with Crippen LogP contribution >= 0.6 is 0 Å². The third kappa shape index (κ3) is 7.31. The van der Waals surface area contributed by atoms with Crippen LogP contribution in [0.2, 0.25) is 0 Å². The number of Topliss-reactive ketones (excluding diaryl/α,β-unsaturated/α-hetero) is 1. The van der Waals surface area contributed by atoms with Gasteiger partial charge in [0.25, 0.3) is 0 Å². The third-order valence-electron chi connectivity index (χ3n) is 1.55. The summed E-state index contributed by atoms with van der Waals surface area (Å²) in [7, 11) is 0. The molecule has 0 aliphatic heterocycles. The van der Waals surface area contributed by atoms with Gasteiger partial charge < -0.3 is 0 Å². The molecule has 64 valence electrons. The van der Waals surface area contributed by atoms with Gasteiger partial charge in [0.1, 0.15) is 5.78 Å². The molecule has 0 aromatic heterocycles. The Morgan fingerprint density at radius 3 is 2.45 bits per heavy atom. The predicted octanol–water partition coefficient (Wildman–Crippen LogP) is 3.10. The van der Waals surface area contributed by atoms with E-state index in [0.29, 0.717) is 12.2 Å². The van der Waals surface area contributed by atoms with Crippen LogP contribution in [0.1, 0.15) is 46.5 Å². The standard InChI is InChI=1S/C10H18O/c1-4-5-6-10(11)8-7-9(2)3/h7H,4-6,8H2,1-3H3. The van der Waals surface area contributed by atoms with Crippen LogP contribution in [0.5, 0.6) is 0 Å². The highest BCUT2D eigenvalue weighted by atomic mass is 16.1. The molecule has 1 heteroatoms.